The summed E-state index contributed by atoms with van der Waals surface area (Å²) >= 11 is 1.33. The minimum atomic E-state index is -0.145. The van der Waals surface area contributed by atoms with E-state index in [1.165, 1.54) is 11.3 Å². The standard InChI is InChI=1S/C13H14N2O2S/c1-9(10-3-5-11(17-2)6-4-10)15-12(16)13-14-7-8-18-13/h3-9H,1-2H3,(H,15,16). The summed E-state index contributed by atoms with van der Waals surface area (Å²) in [7, 11) is 1.63. The van der Waals surface area contributed by atoms with E-state index >= 15 is 0 Å². The molecular weight excluding hydrogens is 248 g/mol. The summed E-state index contributed by atoms with van der Waals surface area (Å²) in [5.74, 6) is 0.658. The number of nitrogens with one attached hydrogen (secondary N) is 1. The van der Waals surface area contributed by atoms with Crippen molar-refractivity contribution in [2.24, 2.45) is 0 Å². The third-order valence-electron chi connectivity index (χ3n) is 2.59. The van der Waals surface area contributed by atoms with Crippen molar-refractivity contribution in [3.8, 4) is 5.75 Å². The lowest BCUT2D eigenvalue weighted by Gasteiger charge is -2.13. The number of nitrogens with zero attached hydrogens (tertiary/aromatic N) is 1. The molecule has 5 heteroatoms. The smallest absolute Gasteiger partial charge is 0.280 e. The lowest BCUT2D eigenvalue weighted by molar-refractivity contribution is 0.0939. The van der Waals surface area contributed by atoms with Gasteiger partial charge in [0.2, 0.25) is 0 Å². The molecule has 0 saturated heterocycles. The topological polar surface area (TPSA) is 51.2 Å². The first kappa shape index (κ1) is 12.6. The fraction of sp³-hybridized carbons (Fsp3) is 0.231. The van der Waals surface area contributed by atoms with Gasteiger partial charge in [-0.05, 0) is 24.6 Å². The molecule has 4 nitrogen and oxygen atoms in total. The molecule has 1 aromatic carbocycles. The SMILES string of the molecule is COc1ccc(C(C)NC(=O)c2nccs2)cc1. The quantitative estimate of drug-likeness (QED) is 0.921. The minimum absolute atomic E-state index is 0.0627. The molecule has 1 aromatic heterocycles. The maximum atomic E-state index is 11.8. The highest BCUT2D eigenvalue weighted by atomic mass is 32.1. The predicted molar refractivity (Wildman–Crippen MR) is 71.0 cm³/mol. The summed E-state index contributed by atoms with van der Waals surface area (Å²) in [6.45, 7) is 1.94. The van der Waals surface area contributed by atoms with Gasteiger partial charge >= 0.3 is 0 Å². The third kappa shape index (κ3) is 2.87. The molecule has 1 N–H and O–H groups in total. The molecular formula is C13H14N2O2S. The van der Waals surface area contributed by atoms with Gasteiger partial charge in [-0.2, -0.15) is 0 Å². The first-order chi connectivity index (χ1) is 8.70. The fourth-order valence-corrected chi connectivity index (χ4v) is 2.11. The summed E-state index contributed by atoms with van der Waals surface area (Å²) in [6.07, 6.45) is 1.62. The Morgan fingerprint density at radius 2 is 2.11 bits per heavy atom. The molecule has 0 aliphatic heterocycles. The summed E-state index contributed by atoms with van der Waals surface area (Å²) in [4.78, 5) is 15.8. The van der Waals surface area contributed by atoms with Crippen LogP contribution >= 0.6 is 11.3 Å². The third-order valence-corrected chi connectivity index (χ3v) is 3.36. The monoisotopic (exact) mass is 262 g/mol. The minimum Gasteiger partial charge on any atom is -0.497 e. The number of hydrogen-bond acceptors (Lipinski definition) is 4. The van der Waals surface area contributed by atoms with E-state index < -0.39 is 0 Å². The van der Waals surface area contributed by atoms with Gasteiger partial charge in [0.05, 0.1) is 13.2 Å². The number of hydrogen-bond donors (Lipinski definition) is 1. The van der Waals surface area contributed by atoms with Crippen LogP contribution in [-0.2, 0) is 0 Å². The number of rotatable bonds is 4. The summed E-state index contributed by atoms with van der Waals surface area (Å²) in [5.41, 5.74) is 1.03. The molecule has 0 spiro atoms. The summed E-state index contributed by atoms with van der Waals surface area (Å²) < 4.78 is 5.09. The average molecular weight is 262 g/mol. The molecule has 1 amide bonds. The number of methoxy groups -OCH3 is 1. The summed E-state index contributed by atoms with van der Waals surface area (Å²) in [5, 5.41) is 5.17. The second kappa shape index (κ2) is 5.64. The number of carbonyl (C=O) groups excluding carboxylic acids is 1. The Kier molecular flexibility index (Phi) is 3.94. The zero-order valence-electron chi connectivity index (χ0n) is 10.2. The van der Waals surface area contributed by atoms with Gasteiger partial charge in [0.15, 0.2) is 5.01 Å². The Bertz CT molecular complexity index is 508. The van der Waals surface area contributed by atoms with Crippen molar-refractivity contribution in [1.82, 2.24) is 10.3 Å². The predicted octanol–water partition coefficient (Wildman–Crippen LogP) is 2.64. The lowest BCUT2D eigenvalue weighted by Crippen LogP contribution is -2.26. The molecule has 2 rings (SSSR count). The van der Waals surface area contributed by atoms with Gasteiger partial charge in [0.1, 0.15) is 5.75 Å². The molecule has 0 radical (unpaired) electrons. The van der Waals surface area contributed by atoms with Crippen LogP contribution in [0.2, 0.25) is 0 Å². The molecule has 0 fully saturated rings. The van der Waals surface area contributed by atoms with E-state index in [0.717, 1.165) is 11.3 Å². The van der Waals surface area contributed by atoms with E-state index in [9.17, 15) is 4.79 Å². The number of thiazole rings is 1. The van der Waals surface area contributed by atoms with Crippen molar-refractivity contribution in [3.63, 3.8) is 0 Å². The highest BCUT2D eigenvalue weighted by Crippen LogP contribution is 2.17. The van der Waals surface area contributed by atoms with Gasteiger partial charge < -0.3 is 10.1 Å². The highest BCUT2D eigenvalue weighted by molar-refractivity contribution is 7.11. The Morgan fingerprint density at radius 3 is 2.67 bits per heavy atom. The van der Waals surface area contributed by atoms with E-state index in [4.69, 9.17) is 4.74 Å². The van der Waals surface area contributed by atoms with Crippen molar-refractivity contribution in [2.75, 3.05) is 7.11 Å². The Hall–Kier alpha value is -1.88. The van der Waals surface area contributed by atoms with E-state index in [2.05, 4.69) is 10.3 Å². The van der Waals surface area contributed by atoms with Gasteiger partial charge in [0.25, 0.3) is 5.91 Å². The number of benzene rings is 1. The van der Waals surface area contributed by atoms with Crippen molar-refractivity contribution < 1.29 is 9.53 Å². The number of ether oxygens (including phenoxy) is 1. The number of amides is 1. The van der Waals surface area contributed by atoms with Crippen molar-refractivity contribution in [1.29, 1.82) is 0 Å². The van der Waals surface area contributed by atoms with Crippen LogP contribution in [0.25, 0.3) is 0 Å². The van der Waals surface area contributed by atoms with Crippen LogP contribution in [0.3, 0.4) is 0 Å². The molecule has 0 aliphatic rings. The Labute approximate surface area is 110 Å². The second-order valence-corrected chi connectivity index (χ2v) is 4.70. The molecule has 1 atom stereocenters. The van der Waals surface area contributed by atoms with E-state index in [1.807, 2.05) is 31.2 Å². The lowest BCUT2D eigenvalue weighted by atomic mass is 10.1. The van der Waals surface area contributed by atoms with Gasteiger partial charge in [-0.15, -0.1) is 11.3 Å². The highest BCUT2D eigenvalue weighted by Gasteiger charge is 2.13. The molecule has 0 bridgehead atoms. The van der Waals surface area contributed by atoms with Crippen LogP contribution in [0.5, 0.6) is 5.75 Å². The molecule has 2 aromatic rings. The van der Waals surface area contributed by atoms with Gasteiger partial charge in [-0.25, -0.2) is 4.98 Å². The zero-order valence-corrected chi connectivity index (χ0v) is 11.0. The van der Waals surface area contributed by atoms with Gasteiger partial charge in [-0.1, -0.05) is 12.1 Å². The normalized spacial score (nSPS) is 11.9. The zero-order chi connectivity index (χ0) is 13.0. The molecule has 94 valence electrons. The largest absolute Gasteiger partial charge is 0.497 e. The fourth-order valence-electron chi connectivity index (χ4n) is 1.57. The van der Waals surface area contributed by atoms with Crippen molar-refractivity contribution in [2.45, 2.75) is 13.0 Å². The van der Waals surface area contributed by atoms with Crippen molar-refractivity contribution in [3.05, 3.63) is 46.4 Å². The van der Waals surface area contributed by atoms with Crippen LogP contribution in [0.4, 0.5) is 0 Å². The second-order valence-electron chi connectivity index (χ2n) is 3.81. The summed E-state index contributed by atoms with van der Waals surface area (Å²) in [6, 6.07) is 7.56. The number of carbonyl (C=O) groups is 1. The van der Waals surface area contributed by atoms with E-state index in [0.29, 0.717) is 5.01 Å². The van der Waals surface area contributed by atoms with Crippen molar-refractivity contribution >= 4 is 17.2 Å². The molecule has 1 unspecified atom stereocenters. The van der Waals surface area contributed by atoms with Gasteiger partial charge in [-0.3, -0.25) is 4.79 Å². The van der Waals surface area contributed by atoms with Crippen LogP contribution in [0.1, 0.15) is 28.3 Å². The Morgan fingerprint density at radius 1 is 1.39 bits per heavy atom. The molecule has 1 heterocycles. The molecule has 18 heavy (non-hydrogen) atoms. The van der Waals surface area contributed by atoms with Crippen LogP contribution < -0.4 is 10.1 Å². The Balaban J connectivity index is 2.02. The van der Waals surface area contributed by atoms with E-state index in [1.54, 1.807) is 18.7 Å². The average Bonchev–Trinajstić information content (AvgIpc) is 2.92. The molecule has 0 aliphatic carbocycles. The van der Waals surface area contributed by atoms with E-state index in [-0.39, 0.29) is 11.9 Å². The van der Waals surface area contributed by atoms with Crippen LogP contribution in [0, 0.1) is 0 Å². The van der Waals surface area contributed by atoms with Crippen LogP contribution in [0.15, 0.2) is 35.8 Å². The van der Waals surface area contributed by atoms with Crippen LogP contribution in [-0.4, -0.2) is 18.0 Å². The first-order valence-corrected chi connectivity index (χ1v) is 6.43. The molecule has 0 saturated carbocycles. The van der Waals surface area contributed by atoms with Gasteiger partial charge in [0, 0.05) is 11.6 Å². The first-order valence-electron chi connectivity index (χ1n) is 5.55. The number of aromatic nitrogens is 1. The maximum absolute atomic E-state index is 11.8. The maximum Gasteiger partial charge on any atom is 0.280 e.